The molecule has 0 aliphatic carbocycles. The predicted molar refractivity (Wildman–Crippen MR) is 76.5 cm³/mol. The summed E-state index contributed by atoms with van der Waals surface area (Å²) in [5.41, 5.74) is 7.60. The average molecular weight is 286 g/mol. The molecule has 3 rings (SSSR count). The van der Waals surface area contributed by atoms with Crippen LogP contribution in [0.3, 0.4) is 0 Å². The zero-order valence-electron chi connectivity index (χ0n) is 11.0. The summed E-state index contributed by atoms with van der Waals surface area (Å²) in [6.45, 7) is 1.96. The van der Waals surface area contributed by atoms with Gasteiger partial charge in [0, 0.05) is 24.6 Å². The van der Waals surface area contributed by atoms with E-state index in [1.807, 2.05) is 48.1 Å². The summed E-state index contributed by atoms with van der Waals surface area (Å²) >= 11 is 1.39. The molecule has 1 unspecified atom stereocenters. The topological polar surface area (TPSA) is 82.0 Å². The largest absolute Gasteiger partial charge is 0.328 e. The Morgan fingerprint density at radius 1 is 1.25 bits per heavy atom. The van der Waals surface area contributed by atoms with E-state index in [4.69, 9.17) is 5.73 Å². The second-order valence-corrected chi connectivity index (χ2v) is 5.50. The SMILES string of the molecule is CC(N)Cc1cnc(Sc2nnc3ccccn23)nc1. The van der Waals surface area contributed by atoms with Crippen molar-refractivity contribution >= 4 is 17.4 Å². The van der Waals surface area contributed by atoms with Crippen LogP contribution in [0, 0.1) is 0 Å². The number of hydrogen-bond acceptors (Lipinski definition) is 6. The molecule has 3 aromatic heterocycles. The smallest absolute Gasteiger partial charge is 0.203 e. The number of nitrogens with zero attached hydrogens (tertiary/aromatic N) is 5. The summed E-state index contributed by atoms with van der Waals surface area (Å²) in [6.07, 6.45) is 6.31. The highest BCUT2D eigenvalue weighted by Crippen LogP contribution is 2.22. The van der Waals surface area contributed by atoms with Crippen LogP contribution < -0.4 is 5.73 Å². The van der Waals surface area contributed by atoms with E-state index in [0.717, 1.165) is 22.8 Å². The normalized spacial score (nSPS) is 12.7. The van der Waals surface area contributed by atoms with Crippen molar-refractivity contribution in [3.8, 4) is 0 Å². The summed E-state index contributed by atoms with van der Waals surface area (Å²) in [4.78, 5) is 8.66. The zero-order chi connectivity index (χ0) is 13.9. The monoisotopic (exact) mass is 286 g/mol. The van der Waals surface area contributed by atoms with Gasteiger partial charge in [-0.05, 0) is 42.8 Å². The van der Waals surface area contributed by atoms with E-state index in [1.54, 1.807) is 0 Å². The first-order chi connectivity index (χ1) is 9.72. The Kier molecular flexibility index (Phi) is 3.62. The van der Waals surface area contributed by atoms with E-state index in [2.05, 4.69) is 20.2 Å². The molecule has 0 aliphatic rings. The first kappa shape index (κ1) is 13.0. The summed E-state index contributed by atoms with van der Waals surface area (Å²) in [7, 11) is 0. The van der Waals surface area contributed by atoms with Gasteiger partial charge in [-0.25, -0.2) is 9.97 Å². The predicted octanol–water partition coefficient (Wildman–Crippen LogP) is 1.56. The van der Waals surface area contributed by atoms with E-state index < -0.39 is 0 Å². The third-order valence-corrected chi connectivity index (χ3v) is 3.56. The molecule has 0 spiro atoms. The Labute approximate surface area is 120 Å². The van der Waals surface area contributed by atoms with Gasteiger partial charge in [-0.2, -0.15) is 0 Å². The molecule has 6 nitrogen and oxygen atoms in total. The molecular weight excluding hydrogens is 272 g/mol. The third-order valence-electron chi connectivity index (χ3n) is 2.70. The highest BCUT2D eigenvalue weighted by Gasteiger charge is 2.08. The van der Waals surface area contributed by atoms with Crippen molar-refractivity contribution in [1.29, 1.82) is 0 Å². The van der Waals surface area contributed by atoms with Crippen molar-refractivity contribution in [2.45, 2.75) is 29.7 Å². The minimum absolute atomic E-state index is 0.109. The Bertz CT molecular complexity index is 706. The standard InChI is InChI=1S/C13H14N6S/c1-9(14)6-10-7-15-12(16-8-10)20-13-18-17-11-4-2-3-5-19(11)13/h2-5,7-9H,6,14H2,1H3. The molecule has 20 heavy (non-hydrogen) atoms. The van der Waals surface area contributed by atoms with Gasteiger partial charge in [-0.1, -0.05) is 6.07 Å². The van der Waals surface area contributed by atoms with Crippen LogP contribution >= 0.6 is 11.8 Å². The van der Waals surface area contributed by atoms with Crippen LogP contribution in [0.5, 0.6) is 0 Å². The Morgan fingerprint density at radius 3 is 2.80 bits per heavy atom. The Morgan fingerprint density at radius 2 is 2.05 bits per heavy atom. The fourth-order valence-electron chi connectivity index (χ4n) is 1.84. The average Bonchev–Trinajstić information content (AvgIpc) is 2.84. The minimum atomic E-state index is 0.109. The second-order valence-electron chi connectivity index (χ2n) is 4.57. The lowest BCUT2D eigenvalue weighted by Gasteiger charge is -2.04. The second kappa shape index (κ2) is 5.56. The summed E-state index contributed by atoms with van der Waals surface area (Å²) in [6, 6.07) is 5.88. The van der Waals surface area contributed by atoms with Crippen molar-refractivity contribution in [2.75, 3.05) is 0 Å². The van der Waals surface area contributed by atoms with Crippen LogP contribution in [0.25, 0.3) is 5.65 Å². The Balaban J connectivity index is 1.80. The molecule has 2 N–H and O–H groups in total. The summed E-state index contributed by atoms with van der Waals surface area (Å²) in [5, 5.41) is 9.63. The molecule has 3 aromatic rings. The van der Waals surface area contributed by atoms with Crippen LogP contribution in [0.2, 0.25) is 0 Å². The lowest BCUT2D eigenvalue weighted by molar-refractivity contribution is 0.727. The van der Waals surface area contributed by atoms with Crippen LogP contribution in [-0.4, -0.2) is 30.6 Å². The maximum atomic E-state index is 5.75. The first-order valence-corrected chi connectivity index (χ1v) is 7.08. The molecule has 0 aromatic carbocycles. The molecule has 7 heteroatoms. The number of aromatic nitrogens is 5. The molecule has 1 atom stereocenters. The van der Waals surface area contributed by atoms with E-state index in [9.17, 15) is 0 Å². The van der Waals surface area contributed by atoms with E-state index >= 15 is 0 Å². The van der Waals surface area contributed by atoms with Crippen molar-refractivity contribution in [3.63, 3.8) is 0 Å². The molecule has 3 heterocycles. The van der Waals surface area contributed by atoms with E-state index in [-0.39, 0.29) is 6.04 Å². The van der Waals surface area contributed by atoms with E-state index in [0.29, 0.717) is 5.16 Å². The van der Waals surface area contributed by atoms with Gasteiger partial charge < -0.3 is 5.73 Å². The number of rotatable bonds is 4. The molecule has 0 saturated carbocycles. The molecule has 102 valence electrons. The molecule has 0 bridgehead atoms. The molecular formula is C13H14N6S. The maximum absolute atomic E-state index is 5.75. The van der Waals surface area contributed by atoms with Crippen molar-refractivity contribution in [3.05, 3.63) is 42.4 Å². The van der Waals surface area contributed by atoms with Gasteiger partial charge in [0.05, 0.1) is 0 Å². The first-order valence-electron chi connectivity index (χ1n) is 6.26. The van der Waals surface area contributed by atoms with Gasteiger partial charge in [0.2, 0.25) is 5.16 Å². The van der Waals surface area contributed by atoms with Crippen molar-refractivity contribution in [1.82, 2.24) is 24.6 Å². The molecule has 0 saturated heterocycles. The quantitative estimate of drug-likeness (QED) is 0.733. The van der Waals surface area contributed by atoms with Gasteiger partial charge in [0.15, 0.2) is 10.8 Å². The van der Waals surface area contributed by atoms with Crippen LogP contribution in [0.1, 0.15) is 12.5 Å². The van der Waals surface area contributed by atoms with Crippen molar-refractivity contribution in [2.24, 2.45) is 5.73 Å². The lowest BCUT2D eigenvalue weighted by atomic mass is 10.1. The van der Waals surface area contributed by atoms with Crippen LogP contribution in [-0.2, 0) is 6.42 Å². The third kappa shape index (κ3) is 2.78. The number of nitrogens with two attached hydrogens (primary N) is 1. The van der Waals surface area contributed by atoms with Crippen LogP contribution in [0.4, 0.5) is 0 Å². The molecule has 0 aliphatic heterocycles. The van der Waals surface area contributed by atoms with Gasteiger partial charge in [-0.15, -0.1) is 10.2 Å². The molecule has 0 fully saturated rings. The van der Waals surface area contributed by atoms with Gasteiger partial charge in [-0.3, -0.25) is 4.40 Å². The number of pyridine rings is 1. The Hall–Kier alpha value is -1.99. The highest BCUT2D eigenvalue weighted by molar-refractivity contribution is 7.99. The zero-order valence-corrected chi connectivity index (χ0v) is 11.8. The van der Waals surface area contributed by atoms with Gasteiger partial charge in [0.25, 0.3) is 0 Å². The van der Waals surface area contributed by atoms with Gasteiger partial charge >= 0.3 is 0 Å². The summed E-state index contributed by atoms with van der Waals surface area (Å²) < 4.78 is 1.91. The molecule has 0 amide bonds. The fraction of sp³-hybridized carbons (Fsp3) is 0.231. The molecule has 0 radical (unpaired) electrons. The fourth-order valence-corrected chi connectivity index (χ4v) is 2.55. The van der Waals surface area contributed by atoms with Crippen molar-refractivity contribution < 1.29 is 0 Å². The number of fused-ring (bicyclic) bond motifs is 1. The maximum Gasteiger partial charge on any atom is 0.203 e. The lowest BCUT2D eigenvalue weighted by Crippen LogP contribution is -2.17. The summed E-state index contributed by atoms with van der Waals surface area (Å²) in [5.74, 6) is 0. The number of hydrogen-bond donors (Lipinski definition) is 1. The highest BCUT2D eigenvalue weighted by atomic mass is 32.2. The van der Waals surface area contributed by atoms with Gasteiger partial charge in [0.1, 0.15) is 0 Å². The van der Waals surface area contributed by atoms with E-state index in [1.165, 1.54) is 11.8 Å². The van der Waals surface area contributed by atoms with Crippen LogP contribution in [0.15, 0.2) is 47.1 Å². The minimum Gasteiger partial charge on any atom is -0.328 e.